The van der Waals surface area contributed by atoms with E-state index in [9.17, 15) is 9.18 Å². The van der Waals surface area contributed by atoms with Crippen LogP contribution in [-0.4, -0.2) is 5.78 Å². The number of hydrogen-bond donors (Lipinski definition) is 1. The van der Waals surface area contributed by atoms with Crippen LogP contribution >= 0.6 is 11.6 Å². The normalized spacial score (nSPS) is 10.9. The predicted octanol–water partition coefficient (Wildman–Crippen LogP) is 3.89. The van der Waals surface area contributed by atoms with Crippen LogP contribution in [0.4, 0.5) is 10.1 Å². The van der Waals surface area contributed by atoms with Gasteiger partial charge in [0.1, 0.15) is 5.82 Å². The highest BCUT2D eigenvalue weighted by Crippen LogP contribution is 2.16. The van der Waals surface area contributed by atoms with Crippen molar-refractivity contribution in [3.63, 3.8) is 0 Å². The van der Waals surface area contributed by atoms with Gasteiger partial charge in [-0.05, 0) is 41.5 Å². The van der Waals surface area contributed by atoms with Gasteiger partial charge in [-0.25, -0.2) is 4.39 Å². The second-order valence-corrected chi connectivity index (χ2v) is 4.80. The minimum Gasteiger partial charge on any atom is -0.399 e. The van der Waals surface area contributed by atoms with Gasteiger partial charge in [-0.2, -0.15) is 0 Å². The van der Waals surface area contributed by atoms with Gasteiger partial charge in [0.2, 0.25) is 0 Å². The largest absolute Gasteiger partial charge is 0.399 e. The smallest absolute Gasteiger partial charge is 0.160 e. The summed E-state index contributed by atoms with van der Waals surface area (Å²) in [6.45, 7) is 0. The first-order valence-electron chi connectivity index (χ1n) is 6.05. The molecule has 0 amide bonds. The molecule has 0 heterocycles. The fourth-order valence-corrected chi connectivity index (χ4v) is 1.82. The maximum absolute atomic E-state index is 13.2. The Balaban J connectivity index is 2.01. The molecule has 0 aliphatic heterocycles. The minimum absolute atomic E-state index is 0.0543. The van der Waals surface area contributed by atoms with Crippen molar-refractivity contribution in [2.45, 2.75) is 6.42 Å². The zero-order chi connectivity index (χ0) is 14.5. The molecule has 0 spiro atoms. The van der Waals surface area contributed by atoms with Crippen LogP contribution < -0.4 is 5.73 Å². The Bertz CT molecular complexity index is 650. The number of anilines is 1. The Kier molecular flexibility index (Phi) is 4.53. The summed E-state index contributed by atoms with van der Waals surface area (Å²) in [7, 11) is 0. The number of halogens is 2. The predicted molar refractivity (Wildman–Crippen MR) is 80.0 cm³/mol. The molecule has 0 aliphatic rings. The maximum Gasteiger partial charge on any atom is 0.160 e. The molecule has 2 rings (SSSR count). The molecule has 2 aromatic carbocycles. The Hall–Kier alpha value is -2.13. The second kappa shape index (κ2) is 6.35. The summed E-state index contributed by atoms with van der Waals surface area (Å²) in [6.07, 6.45) is 3.31. The van der Waals surface area contributed by atoms with Crippen LogP contribution in [0.5, 0.6) is 0 Å². The fourth-order valence-electron chi connectivity index (χ4n) is 1.71. The van der Waals surface area contributed by atoms with Crippen LogP contribution in [0.1, 0.15) is 11.1 Å². The van der Waals surface area contributed by atoms with Crippen molar-refractivity contribution in [1.82, 2.24) is 0 Å². The molecule has 20 heavy (non-hydrogen) atoms. The van der Waals surface area contributed by atoms with E-state index >= 15 is 0 Å². The Morgan fingerprint density at radius 2 is 1.90 bits per heavy atom. The standard InChI is InChI=1S/C16H13ClFNO/c17-15-8-4-12(10-16(15)18)9-14(20)7-3-11-1-5-13(19)6-2-11/h1-8,10H,9,19H2/b7-3+. The second-order valence-electron chi connectivity index (χ2n) is 4.39. The molecule has 0 atom stereocenters. The molecule has 0 unspecified atom stereocenters. The maximum atomic E-state index is 13.2. The number of rotatable bonds is 4. The van der Waals surface area contributed by atoms with E-state index in [2.05, 4.69) is 0 Å². The lowest BCUT2D eigenvalue weighted by atomic mass is 10.1. The molecule has 0 radical (unpaired) electrons. The molecule has 102 valence electrons. The number of benzene rings is 2. The number of nitrogens with two attached hydrogens (primary N) is 1. The summed E-state index contributed by atoms with van der Waals surface area (Å²) < 4.78 is 13.2. The van der Waals surface area contributed by atoms with Gasteiger partial charge >= 0.3 is 0 Å². The third kappa shape index (κ3) is 3.93. The molecule has 2 N–H and O–H groups in total. The van der Waals surface area contributed by atoms with Crippen LogP contribution in [-0.2, 0) is 11.2 Å². The van der Waals surface area contributed by atoms with Crippen LogP contribution in [0.3, 0.4) is 0 Å². The van der Waals surface area contributed by atoms with E-state index in [0.717, 1.165) is 5.56 Å². The highest BCUT2D eigenvalue weighted by atomic mass is 35.5. The summed E-state index contributed by atoms with van der Waals surface area (Å²) >= 11 is 5.59. The Labute approximate surface area is 121 Å². The van der Waals surface area contributed by atoms with Crippen molar-refractivity contribution < 1.29 is 9.18 Å². The Morgan fingerprint density at radius 3 is 2.55 bits per heavy atom. The van der Waals surface area contributed by atoms with E-state index in [4.69, 9.17) is 17.3 Å². The molecule has 0 aliphatic carbocycles. The Morgan fingerprint density at radius 1 is 1.20 bits per heavy atom. The number of carbonyl (C=O) groups excluding carboxylic acids is 1. The highest BCUT2D eigenvalue weighted by molar-refractivity contribution is 6.30. The summed E-state index contributed by atoms with van der Waals surface area (Å²) in [5.41, 5.74) is 7.73. The molecule has 2 nitrogen and oxygen atoms in total. The number of carbonyl (C=O) groups is 1. The molecule has 2 aromatic rings. The number of hydrogen-bond acceptors (Lipinski definition) is 2. The lowest BCUT2D eigenvalue weighted by Gasteiger charge is -2.00. The van der Waals surface area contributed by atoms with Crippen molar-refractivity contribution in [2.75, 3.05) is 5.73 Å². The van der Waals surface area contributed by atoms with Gasteiger partial charge in [0, 0.05) is 12.1 Å². The van der Waals surface area contributed by atoms with Crippen LogP contribution in [0, 0.1) is 5.82 Å². The van der Waals surface area contributed by atoms with Crippen molar-refractivity contribution in [1.29, 1.82) is 0 Å². The first-order valence-corrected chi connectivity index (χ1v) is 6.43. The third-order valence-corrected chi connectivity index (χ3v) is 3.07. The van der Waals surface area contributed by atoms with Gasteiger partial charge in [-0.1, -0.05) is 35.9 Å². The first-order chi connectivity index (χ1) is 9.54. The van der Waals surface area contributed by atoms with E-state index in [1.165, 1.54) is 18.2 Å². The van der Waals surface area contributed by atoms with E-state index in [-0.39, 0.29) is 17.2 Å². The summed E-state index contributed by atoms with van der Waals surface area (Å²) in [6, 6.07) is 11.5. The zero-order valence-corrected chi connectivity index (χ0v) is 11.4. The van der Waals surface area contributed by atoms with Crippen molar-refractivity contribution in [2.24, 2.45) is 0 Å². The zero-order valence-electron chi connectivity index (χ0n) is 10.6. The molecular weight excluding hydrogens is 277 g/mol. The van der Waals surface area contributed by atoms with Gasteiger partial charge in [-0.15, -0.1) is 0 Å². The van der Waals surface area contributed by atoms with Gasteiger partial charge < -0.3 is 5.73 Å². The quantitative estimate of drug-likeness (QED) is 0.685. The van der Waals surface area contributed by atoms with Gasteiger partial charge in [0.05, 0.1) is 5.02 Å². The highest BCUT2D eigenvalue weighted by Gasteiger charge is 2.04. The number of nitrogen functional groups attached to an aromatic ring is 1. The van der Waals surface area contributed by atoms with E-state index in [0.29, 0.717) is 11.3 Å². The SMILES string of the molecule is Nc1ccc(/C=C/C(=O)Cc2ccc(Cl)c(F)c2)cc1. The average molecular weight is 290 g/mol. The van der Waals surface area contributed by atoms with Crippen LogP contribution in [0.2, 0.25) is 5.02 Å². The molecule has 0 bridgehead atoms. The van der Waals surface area contributed by atoms with Gasteiger partial charge in [0.15, 0.2) is 5.78 Å². The minimum atomic E-state index is -0.514. The summed E-state index contributed by atoms with van der Waals surface area (Å²) in [5.74, 6) is -0.622. The molecule has 0 saturated heterocycles. The lowest BCUT2D eigenvalue weighted by Crippen LogP contribution is -1.99. The molecule has 0 saturated carbocycles. The average Bonchev–Trinajstić information content (AvgIpc) is 2.42. The molecule has 4 heteroatoms. The van der Waals surface area contributed by atoms with Crippen LogP contribution in [0.25, 0.3) is 6.08 Å². The fraction of sp³-hybridized carbons (Fsp3) is 0.0625. The number of ketones is 1. The molecule has 0 aromatic heterocycles. The first kappa shape index (κ1) is 14.3. The van der Waals surface area contributed by atoms with Crippen LogP contribution in [0.15, 0.2) is 48.5 Å². The molecular formula is C16H13ClFNO. The topological polar surface area (TPSA) is 43.1 Å². The van der Waals surface area contributed by atoms with Crippen molar-refractivity contribution >= 4 is 29.1 Å². The monoisotopic (exact) mass is 289 g/mol. The van der Waals surface area contributed by atoms with E-state index in [1.54, 1.807) is 24.3 Å². The third-order valence-electron chi connectivity index (χ3n) is 2.76. The van der Waals surface area contributed by atoms with Gasteiger partial charge in [0.25, 0.3) is 0 Å². The van der Waals surface area contributed by atoms with Gasteiger partial charge in [-0.3, -0.25) is 4.79 Å². The lowest BCUT2D eigenvalue weighted by molar-refractivity contribution is -0.113. The summed E-state index contributed by atoms with van der Waals surface area (Å²) in [4.78, 5) is 11.8. The van der Waals surface area contributed by atoms with Crippen molar-refractivity contribution in [3.05, 3.63) is 70.5 Å². The van der Waals surface area contributed by atoms with E-state index < -0.39 is 5.82 Å². The number of allylic oxidation sites excluding steroid dienone is 1. The van der Waals surface area contributed by atoms with E-state index in [1.807, 2.05) is 12.1 Å². The molecule has 0 fully saturated rings. The van der Waals surface area contributed by atoms with Crippen molar-refractivity contribution in [3.8, 4) is 0 Å². The summed E-state index contributed by atoms with van der Waals surface area (Å²) in [5, 5.41) is 0.0543.